The molecular weight excluding hydrogens is 397 g/mol. The van der Waals surface area contributed by atoms with Gasteiger partial charge in [-0.25, -0.2) is 0 Å². The number of rotatable bonds is 3. The number of nitrogens with one attached hydrogen (secondary N) is 1. The van der Waals surface area contributed by atoms with Crippen LogP contribution in [0.2, 0.25) is 5.02 Å². The fraction of sp³-hybridized carbons (Fsp3) is 0.619. The van der Waals surface area contributed by atoms with Crippen molar-refractivity contribution in [1.82, 2.24) is 15.1 Å². The van der Waals surface area contributed by atoms with Crippen LogP contribution < -0.4 is 5.32 Å². The van der Waals surface area contributed by atoms with Crippen LogP contribution in [-0.2, 0) is 16.0 Å². The minimum absolute atomic E-state index is 0. The van der Waals surface area contributed by atoms with Gasteiger partial charge in [-0.1, -0.05) is 42.6 Å². The van der Waals surface area contributed by atoms with E-state index >= 15 is 0 Å². The van der Waals surface area contributed by atoms with Crippen molar-refractivity contribution in [1.29, 1.82) is 0 Å². The lowest BCUT2D eigenvalue weighted by molar-refractivity contribution is -0.140. The first-order chi connectivity index (χ1) is 13.1. The van der Waals surface area contributed by atoms with Gasteiger partial charge in [-0.15, -0.1) is 12.4 Å². The molecule has 2 amide bonds. The molecule has 2 saturated heterocycles. The Labute approximate surface area is 178 Å². The second kappa shape index (κ2) is 9.47. The van der Waals surface area contributed by atoms with E-state index in [-0.39, 0.29) is 30.3 Å². The Balaban J connectivity index is 0.00000225. The third kappa shape index (κ3) is 4.64. The minimum Gasteiger partial charge on any atom is -0.339 e. The summed E-state index contributed by atoms with van der Waals surface area (Å²) in [5.41, 5.74) is 0.862. The first-order valence-electron chi connectivity index (χ1n) is 10.2. The Morgan fingerprint density at radius 1 is 1.04 bits per heavy atom. The maximum atomic E-state index is 12.9. The molecule has 1 aliphatic carbocycles. The zero-order chi connectivity index (χ0) is 18.8. The Bertz CT molecular complexity index is 693. The lowest BCUT2D eigenvalue weighted by Crippen LogP contribution is -2.54. The van der Waals surface area contributed by atoms with E-state index in [0.717, 1.165) is 12.0 Å². The molecule has 28 heavy (non-hydrogen) atoms. The Morgan fingerprint density at radius 3 is 2.43 bits per heavy atom. The number of carbonyl (C=O) groups excluding carboxylic acids is 2. The van der Waals surface area contributed by atoms with Crippen molar-refractivity contribution in [2.75, 3.05) is 26.2 Å². The highest BCUT2D eigenvalue weighted by Gasteiger charge is 2.40. The monoisotopic (exact) mass is 425 g/mol. The molecule has 7 heteroatoms. The van der Waals surface area contributed by atoms with Gasteiger partial charge in [0.25, 0.3) is 0 Å². The molecule has 3 fully saturated rings. The predicted molar refractivity (Wildman–Crippen MR) is 113 cm³/mol. The Hall–Kier alpha value is -1.30. The number of carbonyl (C=O) groups is 2. The minimum atomic E-state index is -0.0246. The number of halogens is 2. The number of fused-ring (bicyclic) bond motifs is 1. The summed E-state index contributed by atoms with van der Waals surface area (Å²) >= 11 is 6.17. The highest BCUT2D eigenvalue weighted by Crippen LogP contribution is 2.33. The molecule has 1 aromatic carbocycles. The SMILES string of the molecule is Cl.O=C(Cc1ccccc1Cl)N1CCN(C(=O)C2CC3CCCCC3N2)CC1. The number of nitrogens with zero attached hydrogens (tertiary/aromatic N) is 2. The van der Waals surface area contributed by atoms with Gasteiger partial charge in [-0.3, -0.25) is 9.59 Å². The van der Waals surface area contributed by atoms with Crippen molar-refractivity contribution < 1.29 is 9.59 Å². The molecule has 3 aliphatic rings. The summed E-state index contributed by atoms with van der Waals surface area (Å²) < 4.78 is 0. The van der Waals surface area contributed by atoms with E-state index in [1.165, 1.54) is 25.7 Å². The van der Waals surface area contributed by atoms with Crippen LogP contribution in [0.3, 0.4) is 0 Å². The molecular formula is C21H29Cl2N3O2. The lowest BCUT2D eigenvalue weighted by Gasteiger charge is -2.36. The number of hydrogen-bond acceptors (Lipinski definition) is 3. The average Bonchev–Trinajstić information content (AvgIpc) is 3.13. The van der Waals surface area contributed by atoms with Crippen molar-refractivity contribution in [3.8, 4) is 0 Å². The summed E-state index contributed by atoms with van der Waals surface area (Å²) in [6.45, 7) is 2.46. The summed E-state index contributed by atoms with van der Waals surface area (Å²) in [5, 5.41) is 4.21. The smallest absolute Gasteiger partial charge is 0.239 e. The highest BCUT2D eigenvalue weighted by atomic mass is 35.5. The van der Waals surface area contributed by atoms with Gasteiger partial charge in [0.1, 0.15) is 0 Å². The van der Waals surface area contributed by atoms with E-state index in [1.807, 2.05) is 34.1 Å². The molecule has 5 nitrogen and oxygen atoms in total. The predicted octanol–water partition coefficient (Wildman–Crippen LogP) is 2.90. The molecule has 0 radical (unpaired) electrons. The number of benzene rings is 1. The standard InChI is InChI=1S/C21H28ClN3O2.ClH/c22-17-7-3-1-5-15(17)14-20(26)24-9-11-25(12-10-24)21(27)19-13-16-6-2-4-8-18(16)23-19;/h1,3,5,7,16,18-19,23H,2,4,6,8-14H2;1H. The number of hydrogen-bond donors (Lipinski definition) is 1. The van der Waals surface area contributed by atoms with Gasteiger partial charge in [-0.05, 0) is 36.8 Å². The second-order valence-corrected chi connectivity index (χ2v) is 8.49. The van der Waals surface area contributed by atoms with E-state index in [4.69, 9.17) is 11.6 Å². The third-order valence-corrected chi connectivity index (χ3v) is 6.77. The first-order valence-corrected chi connectivity index (χ1v) is 10.6. The van der Waals surface area contributed by atoms with Crippen molar-refractivity contribution in [2.45, 2.75) is 50.6 Å². The van der Waals surface area contributed by atoms with Crippen molar-refractivity contribution >= 4 is 35.8 Å². The van der Waals surface area contributed by atoms with Crippen LogP contribution in [0.25, 0.3) is 0 Å². The molecule has 0 bridgehead atoms. The van der Waals surface area contributed by atoms with Crippen LogP contribution in [-0.4, -0.2) is 59.9 Å². The Kier molecular flexibility index (Phi) is 7.24. The van der Waals surface area contributed by atoms with Crippen LogP contribution in [0.4, 0.5) is 0 Å². The lowest BCUT2D eigenvalue weighted by atomic mass is 9.85. The largest absolute Gasteiger partial charge is 0.339 e. The van der Waals surface area contributed by atoms with E-state index in [1.54, 1.807) is 0 Å². The second-order valence-electron chi connectivity index (χ2n) is 8.08. The molecule has 2 aliphatic heterocycles. The summed E-state index contributed by atoms with van der Waals surface area (Å²) in [4.78, 5) is 29.3. The maximum Gasteiger partial charge on any atom is 0.239 e. The third-order valence-electron chi connectivity index (χ3n) is 6.40. The average molecular weight is 426 g/mol. The van der Waals surface area contributed by atoms with Crippen LogP contribution in [0.15, 0.2) is 24.3 Å². The molecule has 1 N–H and O–H groups in total. The molecule has 0 spiro atoms. The molecule has 3 unspecified atom stereocenters. The first kappa shape index (κ1) is 21.4. The quantitative estimate of drug-likeness (QED) is 0.809. The van der Waals surface area contributed by atoms with Gasteiger partial charge in [0.2, 0.25) is 11.8 Å². The van der Waals surface area contributed by atoms with E-state index in [2.05, 4.69) is 5.32 Å². The van der Waals surface area contributed by atoms with Crippen LogP contribution in [0.5, 0.6) is 0 Å². The molecule has 3 atom stereocenters. The highest BCUT2D eigenvalue weighted by molar-refractivity contribution is 6.31. The molecule has 154 valence electrons. The zero-order valence-electron chi connectivity index (χ0n) is 16.1. The number of piperazine rings is 1. The Morgan fingerprint density at radius 2 is 1.71 bits per heavy atom. The van der Waals surface area contributed by atoms with E-state index < -0.39 is 0 Å². The molecule has 4 rings (SSSR count). The van der Waals surface area contributed by atoms with E-state index in [9.17, 15) is 9.59 Å². The van der Waals surface area contributed by atoms with Crippen molar-refractivity contribution in [3.05, 3.63) is 34.9 Å². The van der Waals surface area contributed by atoms with Crippen LogP contribution in [0, 0.1) is 5.92 Å². The van der Waals surface area contributed by atoms with Crippen LogP contribution >= 0.6 is 24.0 Å². The van der Waals surface area contributed by atoms with Gasteiger partial charge in [-0.2, -0.15) is 0 Å². The molecule has 1 aromatic rings. The topological polar surface area (TPSA) is 52.7 Å². The van der Waals surface area contributed by atoms with Crippen molar-refractivity contribution in [3.63, 3.8) is 0 Å². The van der Waals surface area contributed by atoms with Crippen molar-refractivity contribution in [2.24, 2.45) is 5.92 Å². The maximum absolute atomic E-state index is 12.9. The number of amides is 2. The van der Waals surface area contributed by atoms with E-state index in [0.29, 0.717) is 49.6 Å². The normalized spacial score (nSPS) is 27.1. The van der Waals surface area contributed by atoms with Gasteiger partial charge in [0.15, 0.2) is 0 Å². The van der Waals surface area contributed by atoms with Gasteiger partial charge >= 0.3 is 0 Å². The fourth-order valence-electron chi connectivity index (χ4n) is 4.82. The van der Waals surface area contributed by atoms with Gasteiger partial charge in [0.05, 0.1) is 12.5 Å². The van der Waals surface area contributed by atoms with Gasteiger partial charge in [0, 0.05) is 37.2 Å². The molecule has 2 heterocycles. The van der Waals surface area contributed by atoms with Crippen LogP contribution in [0.1, 0.15) is 37.7 Å². The summed E-state index contributed by atoms with van der Waals surface area (Å²) in [6.07, 6.45) is 6.35. The molecule has 0 aromatic heterocycles. The summed E-state index contributed by atoms with van der Waals surface area (Å²) in [5.74, 6) is 0.981. The summed E-state index contributed by atoms with van der Waals surface area (Å²) in [7, 11) is 0. The summed E-state index contributed by atoms with van der Waals surface area (Å²) in [6, 6.07) is 7.98. The molecule has 1 saturated carbocycles. The zero-order valence-corrected chi connectivity index (χ0v) is 17.7. The van der Waals surface area contributed by atoms with Gasteiger partial charge < -0.3 is 15.1 Å². The fourth-order valence-corrected chi connectivity index (χ4v) is 5.03.